The first-order valence-electron chi connectivity index (χ1n) is 6.69. The molecule has 2 aromatic rings. The lowest BCUT2D eigenvalue weighted by Crippen LogP contribution is -2.37. The highest BCUT2D eigenvalue weighted by molar-refractivity contribution is 7.94. The molecule has 0 saturated carbocycles. The minimum absolute atomic E-state index is 0.146. The number of fused-ring (bicyclic) bond motifs is 1. The van der Waals surface area contributed by atoms with Crippen LogP contribution in [0.3, 0.4) is 0 Å². The van der Waals surface area contributed by atoms with Crippen LogP contribution in [0.5, 0.6) is 0 Å². The molecule has 1 aromatic heterocycles. The fourth-order valence-electron chi connectivity index (χ4n) is 2.61. The topological polar surface area (TPSA) is 87.6 Å². The molecule has 116 valence electrons. The van der Waals surface area contributed by atoms with Gasteiger partial charge < -0.3 is 5.11 Å². The Kier molecular flexibility index (Phi) is 3.65. The van der Waals surface area contributed by atoms with Crippen LogP contribution in [-0.4, -0.2) is 30.4 Å². The molecule has 0 spiro atoms. The Hall–Kier alpha value is -1.93. The van der Waals surface area contributed by atoms with E-state index in [4.69, 9.17) is 0 Å². The van der Waals surface area contributed by atoms with Gasteiger partial charge in [0, 0.05) is 6.54 Å². The molecule has 0 aliphatic carbocycles. The third-order valence-corrected chi connectivity index (χ3v) is 6.77. The molecule has 1 N–H and O–H groups in total. The molecule has 1 atom stereocenters. The summed E-state index contributed by atoms with van der Waals surface area (Å²) in [5, 5.41) is 9.32. The van der Waals surface area contributed by atoms with Gasteiger partial charge in [-0.05, 0) is 42.6 Å². The summed E-state index contributed by atoms with van der Waals surface area (Å²) in [5.74, 6) is -1.61. The molecular weight excluding hydrogens is 324 g/mol. The van der Waals surface area contributed by atoms with Gasteiger partial charge in [-0.3, -0.25) is 9.10 Å². The maximum absolute atomic E-state index is 12.8. The Labute approximate surface area is 132 Å². The molecule has 8 heteroatoms. The fourth-order valence-corrected chi connectivity index (χ4v) is 5.18. The van der Waals surface area contributed by atoms with Gasteiger partial charge in [-0.2, -0.15) is 4.37 Å². The molecule has 1 aromatic carbocycles. The molecule has 0 radical (unpaired) electrons. The number of carboxylic acids is 1. The van der Waals surface area contributed by atoms with Crippen molar-refractivity contribution in [2.75, 3.05) is 10.8 Å². The third-order valence-electron chi connectivity index (χ3n) is 3.65. The predicted molar refractivity (Wildman–Crippen MR) is 82.8 cm³/mol. The minimum atomic E-state index is -3.71. The van der Waals surface area contributed by atoms with E-state index < -0.39 is 21.9 Å². The van der Waals surface area contributed by atoms with Crippen LogP contribution in [0.4, 0.5) is 5.69 Å². The number of nitrogens with zero attached hydrogens (tertiary/aromatic N) is 2. The third kappa shape index (κ3) is 2.38. The van der Waals surface area contributed by atoms with Crippen LogP contribution in [0.2, 0.25) is 0 Å². The number of carbonyl (C=O) groups is 1. The number of aliphatic carboxylic acids is 1. The Bertz CT molecular complexity index is 829. The van der Waals surface area contributed by atoms with Gasteiger partial charge in [-0.1, -0.05) is 18.2 Å². The largest absolute Gasteiger partial charge is 0.481 e. The summed E-state index contributed by atoms with van der Waals surface area (Å²) in [5.41, 5.74) is 1.62. The van der Waals surface area contributed by atoms with E-state index in [0.717, 1.165) is 11.5 Å². The normalized spacial score (nSPS) is 18.0. The molecule has 0 fully saturated rings. The van der Waals surface area contributed by atoms with Gasteiger partial charge in [0.25, 0.3) is 10.0 Å². The van der Waals surface area contributed by atoms with Crippen molar-refractivity contribution in [2.24, 2.45) is 0 Å². The number of sulfonamides is 1. The van der Waals surface area contributed by atoms with Gasteiger partial charge in [0.1, 0.15) is 0 Å². The first kappa shape index (κ1) is 15.0. The van der Waals surface area contributed by atoms with Crippen LogP contribution in [-0.2, 0) is 14.8 Å². The van der Waals surface area contributed by atoms with E-state index in [0.29, 0.717) is 16.9 Å². The molecule has 0 saturated heterocycles. The predicted octanol–water partition coefficient (Wildman–Crippen LogP) is 2.22. The lowest BCUT2D eigenvalue weighted by molar-refractivity contribution is -0.139. The zero-order valence-corrected chi connectivity index (χ0v) is 13.4. The fraction of sp³-hybridized carbons (Fsp3) is 0.286. The van der Waals surface area contributed by atoms with Crippen LogP contribution < -0.4 is 4.31 Å². The summed E-state index contributed by atoms with van der Waals surface area (Å²) in [7, 11) is -3.71. The van der Waals surface area contributed by atoms with Crippen LogP contribution in [0.1, 0.15) is 23.6 Å². The van der Waals surface area contributed by atoms with Gasteiger partial charge in [0.05, 0.1) is 17.3 Å². The maximum atomic E-state index is 12.8. The highest BCUT2D eigenvalue weighted by Gasteiger charge is 2.36. The zero-order valence-electron chi connectivity index (χ0n) is 11.8. The summed E-state index contributed by atoms with van der Waals surface area (Å²) < 4.78 is 31.1. The highest BCUT2D eigenvalue weighted by Crippen LogP contribution is 2.38. The van der Waals surface area contributed by atoms with Crippen molar-refractivity contribution in [1.29, 1.82) is 0 Å². The van der Waals surface area contributed by atoms with E-state index >= 15 is 0 Å². The van der Waals surface area contributed by atoms with Crippen molar-refractivity contribution in [2.45, 2.75) is 23.5 Å². The Morgan fingerprint density at radius 2 is 2.14 bits per heavy atom. The van der Waals surface area contributed by atoms with Gasteiger partial charge >= 0.3 is 5.97 Å². The number of benzene rings is 1. The first-order valence-corrected chi connectivity index (χ1v) is 8.90. The number of para-hydroxylation sites is 1. The van der Waals surface area contributed by atoms with Crippen molar-refractivity contribution in [3.05, 3.63) is 41.6 Å². The molecule has 1 unspecified atom stereocenters. The Morgan fingerprint density at radius 1 is 1.41 bits per heavy atom. The molecule has 1 aliphatic rings. The number of hydrogen-bond acceptors (Lipinski definition) is 5. The summed E-state index contributed by atoms with van der Waals surface area (Å²) >= 11 is 0.936. The smallest absolute Gasteiger partial charge is 0.311 e. The van der Waals surface area contributed by atoms with Crippen molar-refractivity contribution < 1.29 is 18.3 Å². The first-order chi connectivity index (χ1) is 10.4. The van der Waals surface area contributed by atoms with Crippen molar-refractivity contribution in [3.63, 3.8) is 0 Å². The summed E-state index contributed by atoms with van der Waals surface area (Å²) in [4.78, 5) is 11.4. The average molecular weight is 338 g/mol. The molecule has 0 amide bonds. The second-order valence-corrected chi connectivity index (χ2v) is 8.00. The summed E-state index contributed by atoms with van der Waals surface area (Å²) in [6.45, 7) is 1.88. The van der Waals surface area contributed by atoms with E-state index in [-0.39, 0.29) is 17.2 Å². The van der Waals surface area contributed by atoms with Gasteiger partial charge in [0.2, 0.25) is 0 Å². The molecule has 1 aliphatic heterocycles. The quantitative estimate of drug-likeness (QED) is 0.927. The number of aromatic nitrogens is 1. The van der Waals surface area contributed by atoms with E-state index in [1.807, 2.05) is 0 Å². The number of hydrogen-bond donors (Lipinski definition) is 1. The van der Waals surface area contributed by atoms with Gasteiger partial charge in [-0.25, -0.2) is 8.42 Å². The lowest BCUT2D eigenvalue weighted by Gasteiger charge is -2.32. The molecule has 3 rings (SSSR count). The highest BCUT2D eigenvalue weighted by atomic mass is 32.2. The Morgan fingerprint density at radius 3 is 2.77 bits per heavy atom. The molecule has 6 nitrogen and oxygen atoms in total. The Balaban J connectivity index is 2.10. The number of carboxylic acid groups (broad SMARTS) is 1. The molecule has 0 bridgehead atoms. The van der Waals surface area contributed by atoms with E-state index in [1.165, 1.54) is 10.4 Å². The number of aryl methyl sites for hydroxylation is 1. The minimum Gasteiger partial charge on any atom is -0.481 e. The SMILES string of the molecule is Cc1cc(S(=O)(=O)N2CCC(C(=O)O)c3ccccc32)sn1. The van der Waals surface area contributed by atoms with E-state index in [9.17, 15) is 18.3 Å². The average Bonchev–Trinajstić information content (AvgIpc) is 2.93. The second-order valence-electron chi connectivity index (χ2n) is 5.10. The van der Waals surface area contributed by atoms with Crippen molar-refractivity contribution >= 4 is 33.2 Å². The second kappa shape index (κ2) is 5.36. The van der Waals surface area contributed by atoms with Gasteiger partial charge in [0.15, 0.2) is 4.21 Å². The summed E-state index contributed by atoms with van der Waals surface area (Å²) in [6, 6.07) is 8.29. The van der Waals surface area contributed by atoms with E-state index in [2.05, 4.69) is 4.37 Å². The zero-order chi connectivity index (χ0) is 15.9. The standard InChI is InChI=1S/C14H14N2O4S2/c1-9-8-13(21-15-9)22(19,20)16-7-6-11(14(17)18)10-4-2-3-5-12(10)16/h2-5,8,11H,6-7H2,1H3,(H,17,18). The van der Waals surface area contributed by atoms with Crippen LogP contribution in [0.15, 0.2) is 34.5 Å². The van der Waals surface area contributed by atoms with Crippen LogP contribution in [0, 0.1) is 6.92 Å². The lowest BCUT2D eigenvalue weighted by atomic mass is 9.91. The number of anilines is 1. The monoisotopic (exact) mass is 338 g/mol. The summed E-state index contributed by atoms with van der Waals surface area (Å²) in [6.07, 6.45) is 0.253. The van der Waals surface area contributed by atoms with Gasteiger partial charge in [-0.15, -0.1) is 0 Å². The van der Waals surface area contributed by atoms with Crippen LogP contribution >= 0.6 is 11.5 Å². The maximum Gasteiger partial charge on any atom is 0.311 e. The van der Waals surface area contributed by atoms with Crippen molar-refractivity contribution in [3.8, 4) is 0 Å². The molecule has 22 heavy (non-hydrogen) atoms. The van der Waals surface area contributed by atoms with E-state index in [1.54, 1.807) is 31.2 Å². The molecular formula is C14H14N2O4S2. The van der Waals surface area contributed by atoms with Crippen molar-refractivity contribution in [1.82, 2.24) is 4.37 Å². The van der Waals surface area contributed by atoms with Crippen LogP contribution in [0.25, 0.3) is 0 Å². The molecule has 2 heterocycles. The number of rotatable bonds is 3.